The molecule has 0 radical (unpaired) electrons. The number of ether oxygens (including phenoxy) is 1. The van der Waals surface area contributed by atoms with E-state index in [2.05, 4.69) is 15.7 Å². The first kappa shape index (κ1) is 15.2. The van der Waals surface area contributed by atoms with Crippen molar-refractivity contribution < 1.29 is 9.53 Å². The minimum absolute atomic E-state index is 0.101. The van der Waals surface area contributed by atoms with Gasteiger partial charge >= 0.3 is 0 Å². The molecule has 0 bridgehead atoms. The van der Waals surface area contributed by atoms with Crippen LogP contribution in [-0.2, 0) is 11.3 Å². The van der Waals surface area contributed by atoms with Crippen LogP contribution in [0.3, 0.4) is 0 Å². The van der Waals surface area contributed by atoms with Crippen molar-refractivity contribution in [2.45, 2.75) is 6.61 Å². The first-order valence-electron chi connectivity index (χ1n) is 6.16. The molecule has 7 heteroatoms. The molecule has 1 aromatic heterocycles. The number of halogens is 1. The standard InChI is InChI=1S/C14H15ClN4O2/c1-21-8-9-3-2-4-10(7-9)17-14(20)13-11(15)5-6-12(18-13)19-16/h2-7H,8,16H2,1H3,(H,17,20)(H,18,19). The summed E-state index contributed by atoms with van der Waals surface area (Å²) in [4.78, 5) is 16.3. The second-order valence-electron chi connectivity index (χ2n) is 4.26. The SMILES string of the molecule is COCc1cccc(NC(=O)c2nc(NN)ccc2Cl)c1. The molecule has 1 heterocycles. The monoisotopic (exact) mass is 306 g/mol. The van der Waals surface area contributed by atoms with Crippen LogP contribution in [0, 0.1) is 0 Å². The number of nitrogens with two attached hydrogens (primary N) is 1. The maximum absolute atomic E-state index is 12.2. The number of hydrogen-bond donors (Lipinski definition) is 3. The third-order valence-electron chi connectivity index (χ3n) is 2.70. The van der Waals surface area contributed by atoms with Gasteiger partial charge in [-0.25, -0.2) is 10.8 Å². The van der Waals surface area contributed by atoms with Gasteiger partial charge < -0.3 is 15.5 Å². The lowest BCUT2D eigenvalue weighted by molar-refractivity contribution is 0.102. The van der Waals surface area contributed by atoms with Crippen LogP contribution in [0.5, 0.6) is 0 Å². The number of benzene rings is 1. The highest BCUT2D eigenvalue weighted by molar-refractivity contribution is 6.34. The van der Waals surface area contributed by atoms with Gasteiger partial charge in [0.05, 0.1) is 11.6 Å². The summed E-state index contributed by atoms with van der Waals surface area (Å²) in [6.45, 7) is 0.468. The van der Waals surface area contributed by atoms with Crippen molar-refractivity contribution in [3.05, 3.63) is 52.7 Å². The third kappa shape index (κ3) is 3.91. The molecule has 21 heavy (non-hydrogen) atoms. The van der Waals surface area contributed by atoms with Crippen LogP contribution in [0.25, 0.3) is 0 Å². The van der Waals surface area contributed by atoms with Crippen molar-refractivity contribution in [3.8, 4) is 0 Å². The summed E-state index contributed by atoms with van der Waals surface area (Å²) < 4.78 is 5.05. The van der Waals surface area contributed by atoms with E-state index in [4.69, 9.17) is 22.2 Å². The lowest BCUT2D eigenvalue weighted by Crippen LogP contribution is -2.17. The minimum Gasteiger partial charge on any atom is -0.380 e. The topological polar surface area (TPSA) is 89.3 Å². The fourth-order valence-corrected chi connectivity index (χ4v) is 1.97. The van der Waals surface area contributed by atoms with Crippen LogP contribution < -0.4 is 16.6 Å². The summed E-state index contributed by atoms with van der Waals surface area (Å²) in [6.07, 6.45) is 0. The zero-order chi connectivity index (χ0) is 15.2. The van der Waals surface area contributed by atoms with Gasteiger partial charge in [0.1, 0.15) is 11.5 Å². The maximum atomic E-state index is 12.2. The number of amides is 1. The van der Waals surface area contributed by atoms with E-state index >= 15 is 0 Å². The number of carbonyl (C=O) groups excluding carboxylic acids is 1. The van der Waals surface area contributed by atoms with E-state index in [-0.39, 0.29) is 10.7 Å². The molecule has 0 aliphatic heterocycles. The van der Waals surface area contributed by atoms with Crippen molar-refractivity contribution in [1.29, 1.82) is 0 Å². The number of aromatic nitrogens is 1. The van der Waals surface area contributed by atoms with Crippen LogP contribution in [-0.4, -0.2) is 18.0 Å². The number of carbonyl (C=O) groups is 1. The molecule has 6 nitrogen and oxygen atoms in total. The van der Waals surface area contributed by atoms with Gasteiger partial charge in [-0.3, -0.25) is 4.79 Å². The average Bonchev–Trinajstić information content (AvgIpc) is 2.48. The number of hydrogen-bond acceptors (Lipinski definition) is 5. The van der Waals surface area contributed by atoms with Crippen molar-refractivity contribution in [1.82, 2.24) is 4.98 Å². The molecule has 1 amide bonds. The Kier molecular flexibility index (Phi) is 5.10. The van der Waals surface area contributed by atoms with Crippen molar-refractivity contribution in [3.63, 3.8) is 0 Å². The Hall–Kier alpha value is -2.15. The smallest absolute Gasteiger partial charge is 0.275 e. The fourth-order valence-electron chi connectivity index (χ4n) is 1.78. The fraction of sp³-hybridized carbons (Fsp3) is 0.143. The molecule has 0 spiro atoms. The van der Waals surface area contributed by atoms with E-state index in [0.717, 1.165) is 5.56 Å². The number of nitrogen functional groups attached to an aromatic ring is 1. The van der Waals surface area contributed by atoms with E-state index in [1.165, 1.54) is 0 Å². The predicted molar refractivity (Wildman–Crippen MR) is 82.2 cm³/mol. The highest BCUT2D eigenvalue weighted by Gasteiger charge is 2.13. The molecule has 0 fully saturated rings. The number of nitrogens with one attached hydrogen (secondary N) is 2. The molecule has 110 valence electrons. The van der Waals surface area contributed by atoms with Crippen LogP contribution >= 0.6 is 11.6 Å². The molecule has 1 aromatic carbocycles. The van der Waals surface area contributed by atoms with Gasteiger partial charge in [0.25, 0.3) is 5.91 Å². The van der Waals surface area contributed by atoms with E-state index < -0.39 is 5.91 Å². The van der Waals surface area contributed by atoms with Crippen LogP contribution in [0.4, 0.5) is 11.5 Å². The molecule has 0 saturated heterocycles. The van der Waals surface area contributed by atoms with Gasteiger partial charge in [-0.15, -0.1) is 0 Å². The van der Waals surface area contributed by atoms with E-state index in [1.807, 2.05) is 18.2 Å². The quantitative estimate of drug-likeness (QED) is 0.583. The summed E-state index contributed by atoms with van der Waals surface area (Å²) in [5, 5.41) is 2.99. The van der Waals surface area contributed by atoms with Gasteiger partial charge in [-0.1, -0.05) is 23.7 Å². The van der Waals surface area contributed by atoms with E-state index in [1.54, 1.807) is 25.3 Å². The summed E-state index contributed by atoms with van der Waals surface area (Å²) in [6, 6.07) is 10.5. The molecule has 4 N–H and O–H groups in total. The molecule has 2 rings (SSSR count). The van der Waals surface area contributed by atoms with Gasteiger partial charge in [0.15, 0.2) is 0 Å². The highest BCUT2D eigenvalue weighted by Crippen LogP contribution is 2.18. The first-order chi connectivity index (χ1) is 10.1. The number of pyridine rings is 1. The molecular formula is C14H15ClN4O2. The second kappa shape index (κ2) is 7.03. The number of rotatable bonds is 5. The third-order valence-corrected chi connectivity index (χ3v) is 3.01. The average molecular weight is 307 g/mol. The van der Waals surface area contributed by atoms with Crippen molar-refractivity contribution >= 4 is 29.0 Å². The lowest BCUT2D eigenvalue weighted by atomic mass is 10.2. The number of anilines is 2. The van der Waals surface area contributed by atoms with Gasteiger partial charge in [-0.2, -0.15) is 0 Å². The Labute approximate surface area is 127 Å². The number of methoxy groups -OCH3 is 1. The van der Waals surface area contributed by atoms with Crippen molar-refractivity contribution in [2.24, 2.45) is 5.84 Å². The largest absolute Gasteiger partial charge is 0.380 e. The van der Waals surface area contributed by atoms with Gasteiger partial charge in [-0.05, 0) is 29.8 Å². The minimum atomic E-state index is -0.410. The Balaban J connectivity index is 2.19. The Morgan fingerprint density at radius 3 is 2.90 bits per heavy atom. The zero-order valence-corrected chi connectivity index (χ0v) is 12.1. The summed E-state index contributed by atoms with van der Waals surface area (Å²) in [5.41, 5.74) is 4.06. The molecule has 0 aliphatic carbocycles. The molecule has 2 aromatic rings. The number of hydrazine groups is 1. The summed E-state index contributed by atoms with van der Waals surface area (Å²) in [5.74, 6) is 5.22. The molecule has 0 atom stereocenters. The van der Waals surface area contributed by atoms with Gasteiger partial charge in [0.2, 0.25) is 0 Å². The van der Waals surface area contributed by atoms with Crippen LogP contribution in [0.15, 0.2) is 36.4 Å². The molecule has 0 aliphatic rings. The second-order valence-corrected chi connectivity index (χ2v) is 4.67. The van der Waals surface area contributed by atoms with Crippen molar-refractivity contribution in [2.75, 3.05) is 17.9 Å². The maximum Gasteiger partial charge on any atom is 0.275 e. The summed E-state index contributed by atoms with van der Waals surface area (Å²) >= 11 is 5.98. The van der Waals surface area contributed by atoms with E-state index in [9.17, 15) is 4.79 Å². The first-order valence-corrected chi connectivity index (χ1v) is 6.54. The van der Waals surface area contributed by atoms with Crippen LogP contribution in [0.2, 0.25) is 5.02 Å². The Morgan fingerprint density at radius 1 is 1.38 bits per heavy atom. The lowest BCUT2D eigenvalue weighted by Gasteiger charge is -2.09. The Bertz CT molecular complexity index is 649. The summed E-state index contributed by atoms with van der Waals surface area (Å²) in [7, 11) is 1.61. The predicted octanol–water partition coefficient (Wildman–Crippen LogP) is 2.42. The molecule has 0 unspecified atom stereocenters. The van der Waals surface area contributed by atoms with Gasteiger partial charge in [0, 0.05) is 12.8 Å². The zero-order valence-electron chi connectivity index (χ0n) is 11.4. The normalized spacial score (nSPS) is 10.2. The highest BCUT2D eigenvalue weighted by atomic mass is 35.5. The molecular weight excluding hydrogens is 292 g/mol. The van der Waals surface area contributed by atoms with Crippen LogP contribution in [0.1, 0.15) is 16.1 Å². The Morgan fingerprint density at radius 2 is 2.19 bits per heavy atom. The molecule has 0 saturated carbocycles. The number of nitrogens with zero attached hydrogens (tertiary/aromatic N) is 1. The van der Waals surface area contributed by atoms with E-state index in [0.29, 0.717) is 18.1 Å².